The number of aliphatic imine (C=N–C) groups is 1. The SMILES string of the molecule is CN=C(NCc1ccc(N2CCC(C)CC2)nc1)N1CCC2(CCOC2)C1.I. The van der Waals surface area contributed by atoms with E-state index in [0.717, 1.165) is 63.6 Å². The van der Waals surface area contributed by atoms with Crippen molar-refractivity contribution in [2.45, 2.75) is 39.2 Å². The van der Waals surface area contributed by atoms with Gasteiger partial charge in [0.2, 0.25) is 0 Å². The van der Waals surface area contributed by atoms with Crippen LogP contribution in [0.25, 0.3) is 0 Å². The van der Waals surface area contributed by atoms with E-state index in [0.29, 0.717) is 5.41 Å². The molecule has 1 atom stereocenters. The molecule has 0 aliphatic carbocycles. The first-order chi connectivity index (χ1) is 13.2. The fraction of sp³-hybridized carbons (Fsp3) is 0.714. The van der Waals surface area contributed by atoms with Crippen LogP contribution in [0.5, 0.6) is 0 Å². The number of anilines is 1. The van der Waals surface area contributed by atoms with Crippen LogP contribution in [0.4, 0.5) is 5.82 Å². The van der Waals surface area contributed by atoms with Crippen molar-refractivity contribution >= 4 is 35.8 Å². The number of halogens is 1. The second-order valence-corrected chi connectivity index (χ2v) is 8.57. The fourth-order valence-corrected chi connectivity index (χ4v) is 4.55. The highest BCUT2D eigenvalue weighted by molar-refractivity contribution is 14.0. The van der Waals surface area contributed by atoms with E-state index >= 15 is 0 Å². The first-order valence-corrected chi connectivity index (χ1v) is 10.4. The zero-order valence-corrected chi connectivity index (χ0v) is 19.5. The number of ether oxygens (including phenoxy) is 1. The Morgan fingerprint density at radius 3 is 2.75 bits per heavy atom. The maximum atomic E-state index is 5.64. The summed E-state index contributed by atoms with van der Waals surface area (Å²) in [7, 11) is 1.87. The molecule has 4 heterocycles. The van der Waals surface area contributed by atoms with Crippen LogP contribution in [0.1, 0.15) is 38.2 Å². The molecule has 1 spiro atoms. The molecule has 1 aromatic heterocycles. The van der Waals surface area contributed by atoms with Gasteiger partial charge in [-0.15, -0.1) is 24.0 Å². The van der Waals surface area contributed by atoms with Gasteiger partial charge < -0.3 is 19.9 Å². The largest absolute Gasteiger partial charge is 0.381 e. The number of likely N-dealkylation sites (tertiary alicyclic amines) is 1. The van der Waals surface area contributed by atoms with E-state index in [9.17, 15) is 0 Å². The van der Waals surface area contributed by atoms with E-state index < -0.39 is 0 Å². The molecule has 3 saturated heterocycles. The number of hydrogen-bond acceptors (Lipinski definition) is 4. The summed E-state index contributed by atoms with van der Waals surface area (Å²) in [5, 5.41) is 3.52. The molecule has 3 aliphatic heterocycles. The molecule has 3 fully saturated rings. The lowest BCUT2D eigenvalue weighted by molar-refractivity contribution is 0.156. The topological polar surface area (TPSA) is 53.0 Å². The molecular formula is C21H34IN5O. The summed E-state index contributed by atoms with van der Waals surface area (Å²) in [5.41, 5.74) is 1.55. The van der Waals surface area contributed by atoms with Gasteiger partial charge in [0.1, 0.15) is 5.82 Å². The molecule has 1 unspecified atom stereocenters. The van der Waals surface area contributed by atoms with Crippen molar-refractivity contribution in [2.24, 2.45) is 16.3 Å². The predicted molar refractivity (Wildman–Crippen MR) is 125 cm³/mol. The van der Waals surface area contributed by atoms with E-state index in [1.807, 2.05) is 13.2 Å². The molecule has 3 aliphatic rings. The highest BCUT2D eigenvalue weighted by Crippen LogP contribution is 2.38. The van der Waals surface area contributed by atoms with Crippen LogP contribution < -0.4 is 10.2 Å². The Morgan fingerprint density at radius 2 is 2.11 bits per heavy atom. The smallest absolute Gasteiger partial charge is 0.193 e. The van der Waals surface area contributed by atoms with E-state index in [-0.39, 0.29) is 24.0 Å². The van der Waals surface area contributed by atoms with Gasteiger partial charge in [-0.2, -0.15) is 0 Å². The summed E-state index contributed by atoms with van der Waals surface area (Å²) < 4.78 is 5.64. The van der Waals surface area contributed by atoms with E-state index in [1.165, 1.54) is 31.2 Å². The van der Waals surface area contributed by atoms with Crippen LogP contribution in [0, 0.1) is 11.3 Å². The minimum atomic E-state index is 0. The molecule has 4 rings (SSSR count). The van der Waals surface area contributed by atoms with Crippen molar-refractivity contribution in [1.82, 2.24) is 15.2 Å². The molecule has 1 aromatic rings. The number of hydrogen-bond donors (Lipinski definition) is 1. The minimum Gasteiger partial charge on any atom is -0.381 e. The molecule has 1 N–H and O–H groups in total. The van der Waals surface area contributed by atoms with Crippen molar-refractivity contribution < 1.29 is 4.74 Å². The van der Waals surface area contributed by atoms with Crippen LogP contribution in [0.2, 0.25) is 0 Å². The standard InChI is InChI=1S/C21H33N5O.HI/c1-17-5-9-25(10-6-17)19-4-3-18(13-23-19)14-24-20(22-2)26-11-7-21(15-26)8-12-27-16-21;/h3-4,13,17H,5-12,14-16H2,1-2H3,(H,22,24);1H. The number of piperidine rings is 1. The fourth-order valence-electron chi connectivity index (χ4n) is 4.55. The number of rotatable bonds is 3. The Balaban J connectivity index is 0.00000225. The van der Waals surface area contributed by atoms with Gasteiger partial charge >= 0.3 is 0 Å². The summed E-state index contributed by atoms with van der Waals surface area (Å²) in [6.07, 6.45) is 6.93. The van der Waals surface area contributed by atoms with Gasteiger partial charge in [0.05, 0.1) is 6.61 Å². The van der Waals surface area contributed by atoms with Crippen LogP contribution >= 0.6 is 24.0 Å². The Kier molecular flexibility index (Phi) is 7.42. The van der Waals surface area contributed by atoms with Gasteiger partial charge in [-0.3, -0.25) is 4.99 Å². The lowest BCUT2D eigenvalue weighted by atomic mass is 9.87. The zero-order chi connectivity index (χ0) is 18.7. The van der Waals surface area contributed by atoms with Gasteiger partial charge in [-0.05, 0) is 43.2 Å². The Labute approximate surface area is 186 Å². The molecule has 0 amide bonds. The zero-order valence-electron chi connectivity index (χ0n) is 17.2. The van der Waals surface area contributed by atoms with Crippen LogP contribution in [-0.2, 0) is 11.3 Å². The molecule has 0 aromatic carbocycles. The summed E-state index contributed by atoms with van der Waals surface area (Å²) in [4.78, 5) is 14.0. The molecular weight excluding hydrogens is 465 g/mol. The molecule has 0 radical (unpaired) electrons. The van der Waals surface area contributed by atoms with Crippen molar-refractivity contribution in [2.75, 3.05) is 51.3 Å². The third-order valence-electron chi connectivity index (χ3n) is 6.50. The van der Waals surface area contributed by atoms with Gasteiger partial charge in [0, 0.05) is 58.0 Å². The average molecular weight is 499 g/mol. The van der Waals surface area contributed by atoms with Crippen molar-refractivity contribution in [3.8, 4) is 0 Å². The normalized spacial score (nSPS) is 26.0. The first-order valence-electron chi connectivity index (χ1n) is 10.4. The summed E-state index contributed by atoms with van der Waals surface area (Å²) in [5.74, 6) is 2.95. The van der Waals surface area contributed by atoms with Crippen molar-refractivity contribution in [3.63, 3.8) is 0 Å². The third kappa shape index (κ3) is 4.90. The molecule has 0 saturated carbocycles. The number of guanidine groups is 1. The van der Waals surface area contributed by atoms with Crippen molar-refractivity contribution in [1.29, 1.82) is 0 Å². The Hall–Kier alpha value is -1.09. The van der Waals surface area contributed by atoms with E-state index in [4.69, 9.17) is 9.72 Å². The van der Waals surface area contributed by atoms with Gasteiger partial charge in [0.25, 0.3) is 0 Å². The number of nitrogens with zero attached hydrogens (tertiary/aromatic N) is 4. The van der Waals surface area contributed by atoms with Crippen LogP contribution in [-0.4, -0.2) is 62.3 Å². The highest BCUT2D eigenvalue weighted by Gasteiger charge is 2.42. The summed E-state index contributed by atoms with van der Waals surface area (Å²) >= 11 is 0. The quantitative estimate of drug-likeness (QED) is 0.394. The van der Waals surface area contributed by atoms with Gasteiger partial charge in [-0.1, -0.05) is 13.0 Å². The number of aromatic nitrogens is 1. The molecule has 0 bridgehead atoms. The number of pyridine rings is 1. The summed E-state index contributed by atoms with van der Waals surface area (Å²) in [6, 6.07) is 4.35. The lowest BCUT2D eigenvalue weighted by Crippen LogP contribution is -2.41. The van der Waals surface area contributed by atoms with Crippen LogP contribution in [0.3, 0.4) is 0 Å². The number of nitrogens with one attached hydrogen (secondary N) is 1. The molecule has 6 nitrogen and oxygen atoms in total. The third-order valence-corrected chi connectivity index (χ3v) is 6.50. The second-order valence-electron chi connectivity index (χ2n) is 8.57. The highest BCUT2D eigenvalue weighted by atomic mass is 127. The molecule has 156 valence electrons. The van der Waals surface area contributed by atoms with Gasteiger partial charge in [0.15, 0.2) is 5.96 Å². The predicted octanol–water partition coefficient (Wildman–Crippen LogP) is 3.12. The Morgan fingerprint density at radius 1 is 1.29 bits per heavy atom. The Bertz CT molecular complexity index is 651. The second kappa shape index (κ2) is 9.61. The molecule has 7 heteroatoms. The van der Waals surface area contributed by atoms with E-state index in [1.54, 1.807) is 0 Å². The maximum absolute atomic E-state index is 5.64. The van der Waals surface area contributed by atoms with Gasteiger partial charge in [-0.25, -0.2) is 4.98 Å². The minimum absolute atomic E-state index is 0. The maximum Gasteiger partial charge on any atom is 0.193 e. The molecule has 28 heavy (non-hydrogen) atoms. The lowest BCUT2D eigenvalue weighted by Gasteiger charge is -2.31. The van der Waals surface area contributed by atoms with E-state index in [2.05, 4.69) is 39.2 Å². The van der Waals surface area contributed by atoms with Crippen LogP contribution in [0.15, 0.2) is 23.3 Å². The van der Waals surface area contributed by atoms with Crippen molar-refractivity contribution in [3.05, 3.63) is 23.9 Å². The average Bonchev–Trinajstić information content (AvgIpc) is 3.34. The summed E-state index contributed by atoms with van der Waals surface area (Å²) in [6.45, 7) is 9.28. The monoisotopic (exact) mass is 499 g/mol. The first kappa shape index (κ1) is 21.6.